The first-order valence-electron chi connectivity index (χ1n) is 5.30. The zero-order chi connectivity index (χ0) is 14.6. The standard InChI is InChI=1S/C11H11BrF2N2O3/c1-2-8(10(17)18)15-11(19)16-9-3-5(12)6(13)4-7(9)14/h3-4,8H,2H2,1H3,(H,17,18)(H2,15,16,19)/t8-/m1/s1. The molecule has 0 aliphatic carbocycles. The molecule has 1 rings (SSSR count). The van der Waals surface area contributed by atoms with Gasteiger partial charge >= 0.3 is 12.0 Å². The van der Waals surface area contributed by atoms with Crippen LogP contribution < -0.4 is 10.6 Å². The Bertz CT molecular complexity index is 511. The van der Waals surface area contributed by atoms with Crippen LogP contribution in [0.1, 0.15) is 13.3 Å². The number of halogens is 3. The molecule has 0 saturated carbocycles. The first-order valence-corrected chi connectivity index (χ1v) is 6.09. The number of carboxylic acids is 1. The van der Waals surface area contributed by atoms with Crippen LogP contribution in [0.2, 0.25) is 0 Å². The van der Waals surface area contributed by atoms with Crippen molar-refractivity contribution in [3.05, 3.63) is 28.2 Å². The Morgan fingerprint density at radius 3 is 2.53 bits per heavy atom. The summed E-state index contributed by atoms with van der Waals surface area (Å²) in [5, 5.41) is 13.0. The predicted molar refractivity (Wildman–Crippen MR) is 67.9 cm³/mol. The maximum Gasteiger partial charge on any atom is 0.326 e. The number of nitrogens with one attached hydrogen (secondary N) is 2. The molecule has 1 aromatic carbocycles. The molecule has 19 heavy (non-hydrogen) atoms. The second-order valence-corrected chi connectivity index (χ2v) is 4.50. The molecule has 0 radical (unpaired) electrons. The summed E-state index contributed by atoms with van der Waals surface area (Å²) in [4.78, 5) is 22.2. The van der Waals surface area contributed by atoms with Crippen LogP contribution in [-0.2, 0) is 4.79 Å². The summed E-state index contributed by atoms with van der Waals surface area (Å²) >= 11 is 2.85. The van der Waals surface area contributed by atoms with Crippen LogP contribution in [0.5, 0.6) is 0 Å². The van der Waals surface area contributed by atoms with Crippen LogP contribution in [-0.4, -0.2) is 23.1 Å². The van der Waals surface area contributed by atoms with Crippen LogP contribution >= 0.6 is 15.9 Å². The average Bonchev–Trinajstić information content (AvgIpc) is 2.32. The van der Waals surface area contributed by atoms with Gasteiger partial charge in [-0.15, -0.1) is 0 Å². The van der Waals surface area contributed by atoms with E-state index in [0.717, 1.165) is 6.07 Å². The van der Waals surface area contributed by atoms with E-state index in [9.17, 15) is 18.4 Å². The summed E-state index contributed by atoms with van der Waals surface area (Å²) in [6.45, 7) is 1.58. The molecule has 0 aromatic heterocycles. The van der Waals surface area contributed by atoms with Crippen molar-refractivity contribution in [2.24, 2.45) is 0 Å². The number of aliphatic carboxylic acids is 1. The molecule has 0 spiro atoms. The van der Waals surface area contributed by atoms with Crippen molar-refractivity contribution in [3.63, 3.8) is 0 Å². The van der Waals surface area contributed by atoms with Crippen molar-refractivity contribution in [1.82, 2.24) is 5.32 Å². The molecule has 3 N–H and O–H groups in total. The molecule has 0 aliphatic heterocycles. The molecular formula is C11H11BrF2N2O3. The first-order chi connectivity index (χ1) is 8.85. The molecule has 0 fully saturated rings. The lowest BCUT2D eigenvalue weighted by molar-refractivity contribution is -0.139. The number of carbonyl (C=O) groups excluding carboxylic acids is 1. The van der Waals surface area contributed by atoms with Gasteiger partial charge in [0.05, 0.1) is 10.2 Å². The fourth-order valence-corrected chi connectivity index (χ4v) is 1.62. The highest BCUT2D eigenvalue weighted by Gasteiger charge is 2.18. The third-order valence-electron chi connectivity index (χ3n) is 2.27. The van der Waals surface area contributed by atoms with Gasteiger partial charge in [0.15, 0.2) is 0 Å². The highest BCUT2D eigenvalue weighted by Crippen LogP contribution is 2.23. The van der Waals surface area contributed by atoms with Gasteiger partial charge in [0.25, 0.3) is 0 Å². The second-order valence-electron chi connectivity index (χ2n) is 3.64. The number of carbonyl (C=O) groups is 2. The van der Waals surface area contributed by atoms with Gasteiger partial charge in [-0.3, -0.25) is 0 Å². The van der Waals surface area contributed by atoms with Crippen LogP contribution in [0.3, 0.4) is 0 Å². The number of hydrogen-bond donors (Lipinski definition) is 3. The maximum absolute atomic E-state index is 13.3. The molecular weight excluding hydrogens is 326 g/mol. The molecule has 0 bridgehead atoms. The number of benzene rings is 1. The quantitative estimate of drug-likeness (QED) is 0.739. The summed E-state index contributed by atoms with van der Waals surface area (Å²) in [6.07, 6.45) is 0.179. The minimum absolute atomic E-state index is 0.0190. The van der Waals surface area contributed by atoms with Crippen molar-refractivity contribution in [3.8, 4) is 0 Å². The molecule has 0 aliphatic rings. The minimum Gasteiger partial charge on any atom is -0.480 e. The largest absolute Gasteiger partial charge is 0.480 e. The molecule has 8 heteroatoms. The van der Waals surface area contributed by atoms with Gasteiger partial charge in [0.1, 0.15) is 17.7 Å². The lowest BCUT2D eigenvalue weighted by Gasteiger charge is -2.13. The number of hydrogen-bond acceptors (Lipinski definition) is 2. The van der Waals surface area contributed by atoms with Gasteiger partial charge in [0, 0.05) is 6.07 Å². The van der Waals surface area contributed by atoms with Gasteiger partial charge in [-0.25, -0.2) is 18.4 Å². The Kier molecular flexibility index (Phi) is 5.22. The first kappa shape index (κ1) is 15.4. The van der Waals surface area contributed by atoms with Crippen LogP contribution in [0.15, 0.2) is 16.6 Å². The summed E-state index contributed by atoms with van der Waals surface area (Å²) in [5.74, 6) is -2.96. The molecule has 2 amide bonds. The van der Waals surface area contributed by atoms with Gasteiger partial charge < -0.3 is 15.7 Å². The topological polar surface area (TPSA) is 78.4 Å². The van der Waals surface area contributed by atoms with E-state index in [1.165, 1.54) is 0 Å². The lowest BCUT2D eigenvalue weighted by atomic mass is 10.2. The zero-order valence-electron chi connectivity index (χ0n) is 9.84. The van der Waals surface area contributed by atoms with Gasteiger partial charge in [-0.05, 0) is 28.4 Å². The van der Waals surface area contributed by atoms with Crippen molar-refractivity contribution < 1.29 is 23.5 Å². The summed E-state index contributed by atoms with van der Waals surface area (Å²) in [7, 11) is 0. The Hall–Kier alpha value is -1.70. The molecule has 0 unspecified atom stereocenters. The molecule has 0 saturated heterocycles. The van der Waals surface area contributed by atoms with Crippen LogP contribution in [0.4, 0.5) is 19.3 Å². The Balaban J connectivity index is 2.77. The van der Waals surface area contributed by atoms with Gasteiger partial charge in [-0.2, -0.15) is 0 Å². The summed E-state index contributed by atoms with van der Waals surface area (Å²) < 4.78 is 26.3. The van der Waals surface area contributed by atoms with Crippen LogP contribution in [0.25, 0.3) is 0 Å². The van der Waals surface area contributed by atoms with Crippen molar-refractivity contribution in [2.45, 2.75) is 19.4 Å². The molecule has 1 atom stereocenters. The van der Waals surface area contributed by atoms with E-state index in [0.29, 0.717) is 6.07 Å². The highest BCUT2D eigenvalue weighted by atomic mass is 79.9. The second kappa shape index (κ2) is 6.46. The molecule has 0 heterocycles. The van der Waals surface area contributed by atoms with E-state index in [1.807, 2.05) is 0 Å². The van der Waals surface area contributed by atoms with E-state index >= 15 is 0 Å². The van der Waals surface area contributed by atoms with E-state index in [-0.39, 0.29) is 16.6 Å². The maximum atomic E-state index is 13.3. The SMILES string of the molecule is CC[C@@H](NC(=O)Nc1cc(Br)c(F)cc1F)C(=O)O. The Labute approximate surface area is 116 Å². The minimum atomic E-state index is -1.20. The number of carboxylic acid groups (broad SMARTS) is 1. The van der Waals surface area contributed by atoms with Crippen molar-refractivity contribution in [2.75, 3.05) is 5.32 Å². The van der Waals surface area contributed by atoms with Crippen molar-refractivity contribution >= 4 is 33.6 Å². The van der Waals surface area contributed by atoms with Gasteiger partial charge in [-0.1, -0.05) is 6.92 Å². The third-order valence-corrected chi connectivity index (χ3v) is 2.88. The number of anilines is 1. The van der Waals surface area contributed by atoms with Crippen molar-refractivity contribution in [1.29, 1.82) is 0 Å². The molecule has 5 nitrogen and oxygen atoms in total. The number of urea groups is 1. The fourth-order valence-electron chi connectivity index (χ4n) is 1.27. The third kappa shape index (κ3) is 4.16. The monoisotopic (exact) mass is 336 g/mol. The van der Waals surface area contributed by atoms with E-state index in [2.05, 4.69) is 26.6 Å². The van der Waals surface area contributed by atoms with E-state index in [4.69, 9.17) is 5.11 Å². The Morgan fingerprint density at radius 2 is 2.00 bits per heavy atom. The lowest BCUT2D eigenvalue weighted by Crippen LogP contribution is -2.42. The Morgan fingerprint density at radius 1 is 1.37 bits per heavy atom. The molecule has 104 valence electrons. The van der Waals surface area contributed by atoms with Crippen LogP contribution in [0, 0.1) is 11.6 Å². The molecule has 1 aromatic rings. The predicted octanol–water partition coefficient (Wildman–Crippen LogP) is 2.71. The van der Waals surface area contributed by atoms with Gasteiger partial charge in [0.2, 0.25) is 0 Å². The average molecular weight is 337 g/mol. The summed E-state index contributed by atoms with van der Waals surface area (Å²) in [5.41, 5.74) is -0.258. The summed E-state index contributed by atoms with van der Waals surface area (Å²) in [6, 6.07) is -0.307. The fraction of sp³-hybridized carbons (Fsp3) is 0.273. The normalized spacial score (nSPS) is 11.8. The van der Waals surface area contributed by atoms with E-state index < -0.39 is 29.7 Å². The smallest absolute Gasteiger partial charge is 0.326 e. The number of amides is 2. The zero-order valence-corrected chi connectivity index (χ0v) is 11.4. The van der Waals surface area contributed by atoms with E-state index in [1.54, 1.807) is 6.92 Å². The highest BCUT2D eigenvalue weighted by molar-refractivity contribution is 9.10. The number of rotatable bonds is 4.